The fourth-order valence-electron chi connectivity index (χ4n) is 4.81. The number of hydrogen-bond acceptors (Lipinski definition) is 10. The predicted octanol–water partition coefficient (Wildman–Crippen LogP) is -4.92. The van der Waals surface area contributed by atoms with E-state index in [0.717, 1.165) is 0 Å². The van der Waals surface area contributed by atoms with Crippen LogP contribution in [0.1, 0.15) is 64.2 Å². The lowest BCUT2D eigenvalue weighted by Crippen LogP contribution is -2.58. The van der Waals surface area contributed by atoms with Gasteiger partial charge in [0.2, 0.25) is 29.5 Å². The maximum atomic E-state index is 13.8. The lowest BCUT2D eigenvalue weighted by molar-refractivity contribution is -0.145. The minimum atomic E-state index is -1.39. The Kier molecular flexibility index (Phi) is 17.7. The Bertz CT molecular complexity index is 1220. The van der Waals surface area contributed by atoms with E-state index in [1.165, 1.54) is 4.90 Å². The first-order valence-corrected chi connectivity index (χ1v) is 15.3. The molecule has 1 aliphatic rings. The van der Waals surface area contributed by atoms with E-state index in [4.69, 9.17) is 39.5 Å². The Labute approximate surface area is 276 Å². The Morgan fingerprint density at radius 1 is 0.729 bits per heavy atom. The summed E-state index contributed by atoms with van der Waals surface area (Å²) in [6, 6.07) is -6.26. The molecule has 1 heterocycles. The lowest BCUT2D eigenvalue weighted by Gasteiger charge is -2.30. The van der Waals surface area contributed by atoms with Crippen LogP contribution in [0.25, 0.3) is 0 Å². The van der Waals surface area contributed by atoms with Crippen molar-refractivity contribution in [2.75, 3.05) is 19.6 Å². The number of carboxylic acids is 2. The van der Waals surface area contributed by atoms with Gasteiger partial charge in [-0.2, -0.15) is 0 Å². The van der Waals surface area contributed by atoms with Crippen molar-refractivity contribution in [1.29, 1.82) is 0 Å². The predicted molar refractivity (Wildman–Crippen MR) is 171 cm³/mol. The highest BCUT2D eigenvalue weighted by molar-refractivity contribution is 5.96. The number of amides is 5. The normalized spacial score (nSPS) is 16.4. The van der Waals surface area contributed by atoms with Gasteiger partial charge in [-0.05, 0) is 51.4 Å². The third-order valence-electron chi connectivity index (χ3n) is 7.28. The molecule has 0 aliphatic carbocycles. The first-order chi connectivity index (χ1) is 22.5. The molecular formula is C27H48N12O9. The van der Waals surface area contributed by atoms with Gasteiger partial charge in [-0.15, -0.1) is 0 Å². The van der Waals surface area contributed by atoms with Gasteiger partial charge in [0.1, 0.15) is 24.2 Å². The minimum Gasteiger partial charge on any atom is -0.481 e. The zero-order valence-corrected chi connectivity index (χ0v) is 26.6. The lowest BCUT2D eigenvalue weighted by atomic mass is 10.0. The fourth-order valence-corrected chi connectivity index (χ4v) is 4.81. The summed E-state index contributed by atoms with van der Waals surface area (Å²) in [4.78, 5) is 96.2. The van der Waals surface area contributed by atoms with Crippen molar-refractivity contribution in [3.8, 4) is 0 Å². The van der Waals surface area contributed by atoms with Crippen LogP contribution in [0.15, 0.2) is 9.98 Å². The first-order valence-electron chi connectivity index (χ1n) is 15.3. The highest BCUT2D eigenvalue weighted by atomic mass is 16.4. The van der Waals surface area contributed by atoms with Crippen LogP contribution in [0.5, 0.6) is 0 Å². The fraction of sp³-hybridized carbons (Fsp3) is 0.667. The molecule has 21 heteroatoms. The molecule has 0 unspecified atom stereocenters. The molecule has 1 aliphatic heterocycles. The van der Waals surface area contributed by atoms with Gasteiger partial charge in [-0.25, -0.2) is 4.79 Å². The zero-order chi connectivity index (χ0) is 36.4. The van der Waals surface area contributed by atoms with Gasteiger partial charge in [0.25, 0.3) is 0 Å². The first kappa shape index (κ1) is 40.8. The maximum Gasteiger partial charge on any atom is 0.326 e. The highest BCUT2D eigenvalue weighted by Crippen LogP contribution is 2.20. The second kappa shape index (κ2) is 20.8. The van der Waals surface area contributed by atoms with Gasteiger partial charge in [-0.1, -0.05) is 0 Å². The van der Waals surface area contributed by atoms with Crippen LogP contribution < -0.4 is 50.4 Å². The Balaban J connectivity index is 3.17. The second-order valence-electron chi connectivity index (χ2n) is 11.2. The number of carboxylic acid groups (broad SMARTS) is 2. The third-order valence-corrected chi connectivity index (χ3v) is 7.28. The Morgan fingerprint density at radius 2 is 1.29 bits per heavy atom. The number of guanidine groups is 2. The van der Waals surface area contributed by atoms with Crippen molar-refractivity contribution >= 4 is 53.4 Å². The number of likely N-dealkylation sites (tertiary alicyclic amines) is 1. The van der Waals surface area contributed by atoms with Gasteiger partial charge in [0.05, 0.1) is 6.04 Å². The molecule has 270 valence electrons. The Morgan fingerprint density at radius 3 is 1.81 bits per heavy atom. The maximum absolute atomic E-state index is 13.8. The van der Waals surface area contributed by atoms with Crippen molar-refractivity contribution in [1.82, 2.24) is 20.9 Å². The van der Waals surface area contributed by atoms with Crippen LogP contribution in [0, 0.1) is 0 Å². The average molecular weight is 685 g/mol. The highest BCUT2D eigenvalue weighted by Gasteiger charge is 2.39. The number of carbonyl (C=O) groups excluding carboxylic acids is 5. The molecule has 5 amide bonds. The quantitative estimate of drug-likeness (QED) is 0.0289. The molecule has 17 N–H and O–H groups in total. The van der Waals surface area contributed by atoms with Crippen LogP contribution in [-0.2, 0) is 33.6 Å². The van der Waals surface area contributed by atoms with E-state index < -0.39 is 78.1 Å². The smallest absolute Gasteiger partial charge is 0.326 e. The zero-order valence-electron chi connectivity index (χ0n) is 26.6. The number of carbonyl (C=O) groups is 7. The molecule has 21 nitrogen and oxygen atoms in total. The van der Waals surface area contributed by atoms with Gasteiger partial charge >= 0.3 is 11.9 Å². The van der Waals surface area contributed by atoms with Crippen LogP contribution in [0.4, 0.5) is 0 Å². The van der Waals surface area contributed by atoms with Crippen molar-refractivity contribution in [2.24, 2.45) is 44.4 Å². The van der Waals surface area contributed by atoms with E-state index in [2.05, 4.69) is 25.9 Å². The van der Waals surface area contributed by atoms with E-state index in [-0.39, 0.29) is 82.9 Å². The molecule has 1 fully saturated rings. The van der Waals surface area contributed by atoms with E-state index >= 15 is 0 Å². The summed E-state index contributed by atoms with van der Waals surface area (Å²) >= 11 is 0. The summed E-state index contributed by atoms with van der Waals surface area (Å²) in [7, 11) is 0. The minimum absolute atomic E-state index is 0.0106. The largest absolute Gasteiger partial charge is 0.481 e. The van der Waals surface area contributed by atoms with Gasteiger partial charge in [-0.3, -0.25) is 38.8 Å². The van der Waals surface area contributed by atoms with Crippen LogP contribution in [-0.4, -0.2) is 118 Å². The molecule has 0 saturated carbocycles. The third kappa shape index (κ3) is 15.4. The molecule has 0 radical (unpaired) electrons. The molecule has 1 rings (SSSR count). The van der Waals surface area contributed by atoms with Crippen molar-refractivity contribution in [3.63, 3.8) is 0 Å². The molecule has 5 atom stereocenters. The topological polar surface area (TPSA) is 380 Å². The number of nitrogens with one attached hydrogen (secondary N) is 3. The van der Waals surface area contributed by atoms with Crippen LogP contribution >= 0.6 is 0 Å². The monoisotopic (exact) mass is 684 g/mol. The summed E-state index contributed by atoms with van der Waals surface area (Å²) in [5, 5.41) is 25.9. The van der Waals surface area contributed by atoms with Gasteiger partial charge < -0.3 is 65.5 Å². The Hall–Kier alpha value is -5.21. The van der Waals surface area contributed by atoms with Gasteiger partial charge in [0, 0.05) is 32.5 Å². The molecule has 1 saturated heterocycles. The summed E-state index contributed by atoms with van der Waals surface area (Å²) in [5.74, 6) is -6.71. The van der Waals surface area contributed by atoms with Gasteiger partial charge in [0.15, 0.2) is 11.9 Å². The molecule has 48 heavy (non-hydrogen) atoms. The number of aliphatic carboxylic acids is 2. The molecule has 0 aromatic rings. The van der Waals surface area contributed by atoms with E-state index in [1.807, 2.05) is 0 Å². The van der Waals surface area contributed by atoms with Crippen molar-refractivity contribution in [2.45, 2.75) is 94.4 Å². The summed E-state index contributed by atoms with van der Waals surface area (Å²) in [6.07, 6.45) is -0.130. The molecule has 0 aromatic heterocycles. The standard InChI is InChI=1S/C27H48N12O9/c28-14(7-10-20(41)42)21(43)36-15(8-9-19(29)40)22(44)37-16(4-1-11-34-26(30)31)24(46)39-13-3-6-18(39)23(45)38-17(25(47)48)5-2-12-35-27(32)33/h14-18H,1-13,28H2,(H2,29,40)(H,36,43)(H,37,44)(H,38,45)(H,41,42)(H,47,48)(H4,30,31,34)(H4,32,33,35)/t14-,15-,16-,17-,18-/m0/s1. The number of nitrogens with zero attached hydrogens (tertiary/aromatic N) is 3. The average Bonchev–Trinajstić information content (AvgIpc) is 3.50. The van der Waals surface area contributed by atoms with E-state index in [9.17, 15) is 38.7 Å². The molecular weight excluding hydrogens is 636 g/mol. The van der Waals surface area contributed by atoms with Crippen molar-refractivity contribution in [3.05, 3.63) is 0 Å². The number of hydrogen-bond donors (Lipinski definition) is 11. The van der Waals surface area contributed by atoms with E-state index in [0.29, 0.717) is 6.42 Å². The van der Waals surface area contributed by atoms with E-state index in [1.54, 1.807) is 0 Å². The second-order valence-corrected chi connectivity index (χ2v) is 11.2. The summed E-state index contributed by atoms with van der Waals surface area (Å²) < 4.78 is 0. The van der Waals surface area contributed by atoms with Crippen LogP contribution in [0.2, 0.25) is 0 Å². The molecule has 0 bridgehead atoms. The number of aliphatic imine (C=N–C) groups is 2. The van der Waals surface area contributed by atoms with Crippen LogP contribution in [0.3, 0.4) is 0 Å². The van der Waals surface area contributed by atoms with Crippen molar-refractivity contribution < 1.29 is 43.8 Å². The summed E-state index contributed by atoms with van der Waals surface area (Å²) in [5.41, 5.74) is 32.3. The number of nitrogens with two attached hydrogens (primary N) is 6. The molecule has 0 spiro atoms. The number of primary amides is 1. The SMILES string of the molecule is NC(=O)CC[C@H](NC(=O)[C@@H](N)CCC(=O)O)C(=O)N[C@@H](CCCN=C(N)N)C(=O)N1CCC[C@H]1C(=O)N[C@@H](CCCN=C(N)N)C(=O)O. The summed E-state index contributed by atoms with van der Waals surface area (Å²) in [6.45, 7) is 0.360. The molecule has 0 aromatic carbocycles. The number of rotatable bonds is 22.